The summed E-state index contributed by atoms with van der Waals surface area (Å²) < 4.78 is 112. The van der Waals surface area contributed by atoms with Crippen molar-refractivity contribution in [2.45, 2.75) is 9.79 Å². The summed E-state index contributed by atoms with van der Waals surface area (Å²) >= 11 is 0. The van der Waals surface area contributed by atoms with Crippen LogP contribution >= 0.6 is 0 Å². The molecule has 0 aliphatic carbocycles. The third-order valence-electron chi connectivity index (χ3n) is 5.09. The van der Waals surface area contributed by atoms with Crippen molar-refractivity contribution in [3.8, 4) is 23.0 Å². The predicted octanol–water partition coefficient (Wildman–Crippen LogP) is 0.790. The van der Waals surface area contributed by atoms with Gasteiger partial charge < -0.3 is 47.0 Å². The Labute approximate surface area is 232 Å². The molecule has 2 aromatic rings. The minimum Gasteiger partial charge on any atom is -0.744 e. The Morgan fingerprint density at radius 3 is 1.00 bits per heavy atom. The monoisotopic (exact) mass is 606 g/mol. The lowest BCUT2D eigenvalue weighted by Gasteiger charge is -2.16. The predicted molar refractivity (Wildman–Crippen MR) is 134 cm³/mol. The Morgan fingerprint density at radius 1 is 0.425 bits per heavy atom. The third-order valence-corrected chi connectivity index (χ3v) is 6.76. The van der Waals surface area contributed by atoms with Crippen molar-refractivity contribution < 1.29 is 63.8 Å². The van der Waals surface area contributed by atoms with Gasteiger partial charge in [-0.1, -0.05) is 0 Å². The van der Waals surface area contributed by atoms with Crippen molar-refractivity contribution in [2.24, 2.45) is 0 Å². The smallest absolute Gasteiger partial charge is 0.162 e. The van der Waals surface area contributed by atoms with E-state index in [2.05, 4.69) is 0 Å². The van der Waals surface area contributed by atoms with E-state index in [9.17, 15) is 25.9 Å². The van der Waals surface area contributed by atoms with Gasteiger partial charge in [0.25, 0.3) is 0 Å². The zero-order chi connectivity index (χ0) is 28.8. The van der Waals surface area contributed by atoms with Gasteiger partial charge in [-0.25, -0.2) is 16.8 Å². The Hall–Kier alpha value is -2.70. The van der Waals surface area contributed by atoms with Gasteiger partial charge in [-0.05, 0) is 24.3 Å². The SMILES string of the molecule is O=S(=O)([O-])c1ccc2c(c1)OCCOCCOCCOc1ccc(S(=O)(=O)[O-])cc1OCCOCCOCCO2. The van der Waals surface area contributed by atoms with E-state index in [0.29, 0.717) is 0 Å². The van der Waals surface area contributed by atoms with Gasteiger partial charge in [0, 0.05) is 12.1 Å². The molecule has 0 N–H and O–H groups in total. The molecule has 0 atom stereocenters. The zero-order valence-corrected chi connectivity index (χ0v) is 23.1. The zero-order valence-electron chi connectivity index (χ0n) is 21.5. The number of hydrogen-bond acceptors (Lipinski definition) is 14. The average molecular weight is 607 g/mol. The van der Waals surface area contributed by atoms with Crippen molar-refractivity contribution in [1.82, 2.24) is 0 Å². The second kappa shape index (κ2) is 15.9. The van der Waals surface area contributed by atoms with Gasteiger partial charge in [0.15, 0.2) is 23.0 Å². The van der Waals surface area contributed by atoms with Gasteiger partial charge in [0.2, 0.25) is 0 Å². The summed E-state index contributed by atoms with van der Waals surface area (Å²) in [5.74, 6) is 0.616. The molecule has 0 bridgehead atoms. The van der Waals surface area contributed by atoms with Crippen LogP contribution in [0.15, 0.2) is 46.2 Å². The molecule has 1 aliphatic heterocycles. The van der Waals surface area contributed by atoms with Gasteiger partial charge in [0.1, 0.15) is 46.7 Å². The first-order valence-electron chi connectivity index (χ1n) is 12.2. The highest BCUT2D eigenvalue weighted by atomic mass is 32.2. The molecule has 16 heteroatoms. The van der Waals surface area contributed by atoms with E-state index >= 15 is 0 Å². The molecule has 1 aliphatic rings. The fourth-order valence-corrected chi connectivity index (χ4v) is 4.21. The van der Waals surface area contributed by atoms with Gasteiger partial charge >= 0.3 is 0 Å². The molecule has 3 rings (SSSR count). The van der Waals surface area contributed by atoms with Crippen molar-refractivity contribution in [2.75, 3.05) is 79.3 Å². The molecule has 0 saturated carbocycles. The Balaban J connectivity index is 1.57. The standard InChI is InChI=1S/C24H32O14S2/c25-39(26,27)19-1-3-21-23(17-19)37-15-11-33-8-6-32-10-14-36-22-4-2-20(40(28,29)30)18-24(22)38-16-12-34-7-5-31-9-13-35-21/h1-4,17-18H,5-16H2,(H,25,26,27)(H,28,29,30)/p-2. The first-order valence-corrected chi connectivity index (χ1v) is 15.0. The third kappa shape index (κ3) is 11.1. The van der Waals surface area contributed by atoms with Gasteiger partial charge in [-0.2, -0.15) is 0 Å². The summed E-state index contributed by atoms with van der Waals surface area (Å²) in [4.78, 5) is -0.897. The lowest BCUT2D eigenvalue weighted by atomic mass is 10.3. The normalized spacial score (nSPS) is 17.9. The summed E-state index contributed by atoms with van der Waals surface area (Å²) in [6.07, 6.45) is 0. The van der Waals surface area contributed by atoms with Crippen LogP contribution in [-0.4, -0.2) is 105 Å². The summed E-state index contributed by atoms with van der Waals surface area (Å²) in [6, 6.07) is 7.12. The molecule has 40 heavy (non-hydrogen) atoms. The van der Waals surface area contributed by atoms with Crippen LogP contribution in [0.4, 0.5) is 0 Å². The maximum atomic E-state index is 11.4. The van der Waals surface area contributed by atoms with E-state index in [1.165, 1.54) is 12.1 Å². The molecule has 224 valence electrons. The van der Waals surface area contributed by atoms with Crippen LogP contribution in [0.5, 0.6) is 23.0 Å². The lowest BCUT2D eigenvalue weighted by molar-refractivity contribution is 0.0223. The Bertz CT molecular complexity index is 1180. The summed E-state index contributed by atoms with van der Waals surface area (Å²) in [6.45, 7) is 1.89. The lowest BCUT2D eigenvalue weighted by Crippen LogP contribution is -2.16. The van der Waals surface area contributed by atoms with Crippen molar-refractivity contribution in [3.63, 3.8) is 0 Å². The Kier molecular flexibility index (Phi) is 12.7. The minimum absolute atomic E-state index is 0.0491. The molecule has 0 fully saturated rings. The van der Waals surface area contributed by atoms with Gasteiger partial charge in [-0.3, -0.25) is 0 Å². The van der Waals surface area contributed by atoms with Crippen molar-refractivity contribution in [1.29, 1.82) is 0 Å². The van der Waals surface area contributed by atoms with Crippen LogP contribution in [0.2, 0.25) is 0 Å². The van der Waals surface area contributed by atoms with Crippen molar-refractivity contribution in [3.05, 3.63) is 36.4 Å². The molecule has 0 spiro atoms. The maximum absolute atomic E-state index is 11.4. The molecule has 0 saturated heterocycles. The van der Waals surface area contributed by atoms with E-state index in [1.807, 2.05) is 0 Å². The highest BCUT2D eigenvalue weighted by Gasteiger charge is 2.12. The first-order chi connectivity index (χ1) is 19.1. The molecule has 14 nitrogen and oxygen atoms in total. The molecule has 0 unspecified atom stereocenters. The fraction of sp³-hybridized carbons (Fsp3) is 0.500. The molecule has 2 aromatic carbocycles. The molecular weight excluding hydrogens is 576 g/mol. The van der Waals surface area contributed by atoms with E-state index in [0.717, 1.165) is 24.3 Å². The number of rotatable bonds is 2. The summed E-state index contributed by atoms with van der Waals surface area (Å²) in [7, 11) is -9.37. The highest BCUT2D eigenvalue weighted by Crippen LogP contribution is 2.31. The van der Waals surface area contributed by atoms with Crippen LogP contribution in [0.25, 0.3) is 0 Å². The fourth-order valence-electron chi connectivity index (χ4n) is 3.24. The van der Waals surface area contributed by atoms with Gasteiger partial charge in [0.05, 0.1) is 62.6 Å². The minimum atomic E-state index is -4.68. The second-order valence-electron chi connectivity index (χ2n) is 7.97. The van der Waals surface area contributed by atoms with Crippen LogP contribution in [0.1, 0.15) is 0 Å². The molecule has 0 radical (unpaired) electrons. The molecule has 0 aromatic heterocycles. The van der Waals surface area contributed by atoms with E-state index in [-0.39, 0.29) is 102 Å². The van der Waals surface area contributed by atoms with E-state index in [1.54, 1.807) is 0 Å². The summed E-state index contributed by atoms with van der Waals surface area (Å²) in [5, 5.41) is 0. The first kappa shape index (κ1) is 31.8. The number of ether oxygens (including phenoxy) is 8. The quantitative estimate of drug-likeness (QED) is 0.436. The van der Waals surface area contributed by atoms with Crippen LogP contribution in [0, 0.1) is 0 Å². The second-order valence-corrected chi connectivity index (χ2v) is 10.7. The molecule has 0 amide bonds. The maximum Gasteiger partial charge on any atom is 0.162 e. The summed E-state index contributed by atoms with van der Waals surface area (Å²) in [5.41, 5.74) is 0. The Morgan fingerprint density at radius 2 is 0.700 bits per heavy atom. The van der Waals surface area contributed by atoms with Crippen LogP contribution in [0.3, 0.4) is 0 Å². The average Bonchev–Trinajstić information content (AvgIpc) is 2.90. The molecular formula is C24H30O14S2-2. The van der Waals surface area contributed by atoms with Gasteiger partial charge in [-0.15, -0.1) is 0 Å². The van der Waals surface area contributed by atoms with E-state index < -0.39 is 30.0 Å². The van der Waals surface area contributed by atoms with E-state index in [4.69, 9.17) is 37.9 Å². The highest BCUT2D eigenvalue weighted by molar-refractivity contribution is 7.86. The number of benzene rings is 2. The van der Waals surface area contributed by atoms with Crippen molar-refractivity contribution >= 4 is 20.2 Å². The number of hydrogen-bond donors (Lipinski definition) is 0. The van der Waals surface area contributed by atoms with Crippen LogP contribution in [-0.2, 0) is 39.2 Å². The largest absolute Gasteiger partial charge is 0.744 e. The van der Waals surface area contributed by atoms with Crippen LogP contribution < -0.4 is 18.9 Å². The topological polar surface area (TPSA) is 188 Å². The molecule has 1 heterocycles. The number of fused-ring (bicyclic) bond motifs is 2.